The van der Waals surface area contributed by atoms with Gasteiger partial charge in [0.15, 0.2) is 0 Å². The fourth-order valence-corrected chi connectivity index (χ4v) is 1.54. The van der Waals surface area contributed by atoms with E-state index in [1.54, 1.807) is 13.8 Å². The van der Waals surface area contributed by atoms with Gasteiger partial charge in [-0.2, -0.15) is 0 Å². The molecule has 0 aliphatic carbocycles. The molecule has 0 aliphatic heterocycles. The van der Waals surface area contributed by atoms with Crippen LogP contribution < -0.4 is 5.32 Å². The van der Waals surface area contributed by atoms with E-state index in [0.29, 0.717) is 0 Å². The van der Waals surface area contributed by atoms with Crippen LogP contribution in [-0.4, -0.2) is 80.2 Å². The van der Waals surface area contributed by atoms with Gasteiger partial charge in [-0.15, -0.1) is 0 Å². The number of aliphatic carboxylic acids is 1. The molecule has 0 radical (unpaired) electrons. The van der Waals surface area contributed by atoms with Crippen molar-refractivity contribution in [1.82, 2.24) is 5.32 Å². The average molecular weight is 281 g/mol. The molecule has 0 aromatic rings. The highest BCUT2D eigenvalue weighted by molar-refractivity contribution is 5.73. The predicted molar refractivity (Wildman–Crippen MR) is 65.4 cm³/mol. The Labute approximate surface area is 111 Å². The largest absolute Gasteiger partial charge is 0.480 e. The first-order chi connectivity index (χ1) is 8.72. The van der Waals surface area contributed by atoms with E-state index in [0.717, 1.165) is 0 Å². The summed E-state index contributed by atoms with van der Waals surface area (Å²) < 4.78 is 0. The van der Waals surface area contributed by atoms with Gasteiger partial charge >= 0.3 is 5.97 Å². The molecule has 5 atom stereocenters. The van der Waals surface area contributed by atoms with Crippen molar-refractivity contribution in [3.8, 4) is 0 Å². The van der Waals surface area contributed by atoms with Gasteiger partial charge in [-0.1, -0.05) is 13.8 Å². The van der Waals surface area contributed by atoms with Crippen molar-refractivity contribution in [2.45, 2.75) is 44.3 Å². The van der Waals surface area contributed by atoms with Gasteiger partial charge in [-0.05, 0) is 5.92 Å². The van der Waals surface area contributed by atoms with E-state index in [1.807, 2.05) is 0 Å². The number of aliphatic hydroxyl groups is 5. The van der Waals surface area contributed by atoms with E-state index >= 15 is 0 Å². The predicted octanol–water partition coefficient (Wildman–Crippen LogP) is -2.88. The molecule has 0 rings (SSSR count). The Morgan fingerprint density at radius 3 is 1.89 bits per heavy atom. The fraction of sp³-hybridized carbons (Fsp3) is 0.909. The third kappa shape index (κ3) is 5.81. The van der Waals surface area contributed by atoms with Crippen LogP contribution in [0.4, 0.5) is 0 Å². The molecular weight excluding hydrogens is 258 g/mol. The number of rotatable bonds is 9. The van der Waals surface area contributed by atoms with Crippen LogP contribution in [0.15, 0.2) is 0 Å². The first kappa shape index (κ1) is 18.2. The fourth-order valence-electron chi connectivity index (χ4n) is 1.54. The molecule has 19 heavy (non-hydrogen) atoms. The van der Waals surface area contributed by atoms with Gasteiger partial charge in [0.25, 0.3) is 0 Å². The molecule has 0 saturated carbocycles. The van der Waals surface area contributed by atoms with Crippen LogP contribution in [-0.2, 0) is 4.79 Å². The van der Waals surface area contributed by atoms with Gasteiger partial charge in [-0.3, -0.25) is 4.79 Å². The van der Waals surface area contributed by atoms with E-state index in [2.05, 4.69) is 5.32 Å². The molecule has 0 saturated heterocycles. The van der Waals surface area contributed by atoms with Crippen molar-refractivity contribution < 1.29 is 35.4 Å². The normalized spacial score (nSPS) is 19.8. The molecule has 8 nitrogen and oxygen atoms in total. The summed E-state index contributed by atoms with van der Waals surface area (Å²) in [6.45, 7) is 2.32. The first-order valence-electron chi connectivity index (χ1n) is 6.01. The van der Waals surface area contributed by atoms with Crippen molar-refractivity contribution in [2.75, 3.05) is 13.2 Å². The van der Waals surface area contributed by atoms with Crippen LogP contribution in [0, 0.1) is 5.92 Å². The number of carboxylic acids is 1. The molecule has 8 heteroatoms. The number of hydrogen-bond donors (Lipinski definition) is 7. The second kappa shape index (κ2) is 8.41. The van der Waals surface area contributed by atoms with Gasteiger partial charge in [0.05, 0.1) is 12.7 Å². The van der Waals surface area contributed by atoms with Crippen LogP contribution >= 0.6 is 0 Å². The Morgan fingerprint density at radius 2 is 1.53 bits per heavy atom. The molecule has 5 unspecified atom stereocenters. The van der Waals surface area contributed by atoms with Crippen LogP contribution in [0.25, 0.3) is 0 Å². The maximum absolute atomic E-state index is 10.9. The zero-order chi connectivity index (χ0) is 15.2. The minimum Gasteiger partial charge on any atom is -0.480 e. The maximum Gasteiger partial charge on any atom is 0.320 e. The van der Waals surface area contributed by atoms with E-state index in [9.17, 15) is 20.1 Å². The summed E-state index contributed by atoms with van der Waals surface area (Å²) >= 11 is 0. The number of carbonyl (C=O) groups is 1. The van der Waals surface area contributed by atoms with Gasteiger partial charge in [0, 0.05) is 6.54 Å². The van der Waals surface area contributed by atoms with Crippen LogP contribution in [0.1, 0.15) is 13.8 Å². The Kier molecular flexibility index (Phi) is 8.07. The third-order valence-corrected chi connectivity index (χ3v) is 2.81. The Balaban J connectivity index is 4.36. The molecule has 0 heterocycles. The lowest BCUT2D eigenvalue weighted by Crippen LogP contribution is -2.52. The molecule has 0 fully saturated rings. The molecule has 0 spiro atoms. The van der Waals surface area contributed by atoms with Gasteiger partial charge in [0.1, 0.15) is 24.4 Å². The topological polar surface area (TPSA) is 150 Å². The highest BCUT2D eigenvalue weighted by Gasteiger charge is 2.31. The number of carboxylic acid groups (broad SMARTS) is 1. The van der Waals surface area contributed by atoms with Crippen LogP contribution in [0.3, 0.4) is 0 Å². The lowest BCUT2D eigenvalue weighted by molar-refractivity contribution is -0.141. The molecule has 0 bridgehead atoms. The standard InChI is InChI=1S/C11H23NO7/c1-5(2)8(11(18)19)12-3-6(14)9(16)10(17)7(15)4-13/h5-10,12-17H,3-4H2,1-2H3,(H,18,19). The van der Waals surface area contributed by atoms with Crippen LogP contribution in [0.2, 0.25) is 0 Å². The number of nitrogens with one attached hydrogen (secondary N) is 1. The lowest BCUT2D eigenvalue weighted by atomic mass is 10.0. The van der Waals surface area contributed by atoms with Gasteiger partial charge in [-0.25, -0.2) is 0 Å². The number of aliphatic hydroxyl groups excluding tert-OH is 5. The third-order valence-electron chi connectivity index (χ3n) is 2.81. The highest BCUT2D eigenvalue weighted by Crippen LogP contribution is 2.06. The van der Waals surface area contributed by atoms with Crippen molar-refractivity contribution in [3.63, 3.8) is 0 Å². The molecular formula is C11H23NO7. The Hall–Kier alpha value is -0.770. The summed E-state index contributed by atoms with van der Waals surface area (Å²) in [5.41, 5.74) is 0. The summed E-state index contributed by atoms with van der Waals surface area (Å²) in [4.78, 5) is 10.9. The van der Waals surface area contributed by atoms with E-state index in [1.165, 1.54) is 0 Å². The first-order valence-corrected chi connectivity index (χ1v) is 6.01. The Morgan fingerprint density at radius 1 is 1.05 bits per heavy atom. The van der Waals surface area contributed by atoms with E-state index in [-0.39, 0.29) is 12.5 Å². The smallest absolute Gasteiger partial charge is 0.320 e. The summed E-state index contributed by atoms with van der Waals surface area (Å²) in [5, 5.41) is 57.6. The van der Waals surface area contributed by atoms with Crippen molar-refractivity contribution >= 4 is 5.97 Å². The molecule has 0 aromatic heterocycles. The second-order valence-corrected chi connectivity index (χ2v) is 4.77. The van der Waals surface area contributed by atoms with Crippen LogP contribution in [0.5, 0.6) is 0 Å². The monoisotopic (exact) mass is 281 g/mol. The highest BCUT2D eigenvalue weighted by atomic mass is 16.4. The summed E-state index contributed by atoms with van der Waals surface area (Å²) in [5.74, 6) is -1.32. The molecule has 0 amide bonds. The summed E-state index contributed by atoms with van der Waals surface area (Å²) in [6, 6.07) is -0.901. The molecule has 0 aromatic carbocycles. The zero-order valence-electron chi connectivity index (χ0n) is 11.0. The number of hydrogen-bond acceptors (Lipinski definition) is 7. The minimum absolute atomic E-state index is 0.227. The van der Waals surface area contributed by atoms with Gasteiger partial charge < -0.3 is 36.0 Å². The quantitative estimate of drug-likeness (QED) is 0.238. The minimum atomic E-state index is -1.72. The van der Waals surface area contributed by atoms with Crippen molar-refractivity contribution in [3.05, 3.63) is 0 Å². The molecule has 0 aliphatic rings. The lowest BCUT2D eigenvalue weighted by Gasteiger charge is -2.27. The van der Waals surface area contributed by atoms with E-state index in [4.69, 9.17) is 15.3 Å². The summed E-state index contributed by atoms with van der Waals surface area (Å²) in [7, 11) is 0. The SMILES string of the molecule is CC(C)C(NCC(O)C(O)C(O)C(O)CO)C(=O)O. The van der Waals surface area contributed by atoms with Crippen molar-refractivity contribution in [1.29, 1.82) is 0 Å². The zero-order valence-corrected chi connectivity index (χ0v) is 11.0. The van der Waals surface area contributed by atoms with Crippen molar-refractivity contribution in [2.24, 2.45) is 5.92 Å². The molecule has 7 N–H and O–H groups in total. The summed E-state index contributed by atoms with van der Waals surface area (Å²) in [6.07, 6.45) is -6.47. The Bertz CT molecular complexity index is 274. The van der Waals surface area contributed by atoms with Gasteiger partial charge in [0.2, 0.25) is 0 Å². The maximum atomic E-state index is 10.9. The molecule has 114 valence electrons. The second-order valence-electron chi connectivity index (χ2n) is 4.77. The average Bonchev–Trinajstić information content (AvgIpc) is 2.34. The van der Waals surface area contributed by atoms with E-state index < -0.39 is 43.0 Å².